The van der Waals surface area contributed by atoms with Crippen molar-refractivity contribution in [3.8, 4) is 0 Å². The van der Waals surface area contributed by atoms with E-state index in [2.05, 4.69) is 5.32 Å². The third-order valence-electron chi connectivity index (χ3n) is 5.44. The van der Waals surface area contributed by atoms with Gasteiger partial charge in [-0.3, -0.25) is 9.59 Å². The van der Waals surface area contributed by atoms with Gasteiger partial charge in [-0.2, -0.15) is 4.31 Å². The molecule has 1 saturated carbocycles. The molecule has 1 aliphatic rings. The van der Waals surface area contributed by atoms with Gasteiger partial charge >= 0.3 is 0 Å². The van der Waals surface area contributed by atoms with E-state index < -0.39 is 15.9 Å². The van der Waals surface area contributed by atoms with E-state index in [4.69, 9.17) is 11.6 Å². The lowest BCUT2D eigenvalue weighted by Gasteiger charge is -2.31. The number of hydrogen-bond donors (Lipinski definition) is 1. The van der Waals surface area contributed by atoms with Crippen LogP contribution in [0.25, 0.3) is 0 Å². The van der Waals surface area contributed by atoms with E-state index in [1.54, 1.807) is 24.3 Å². The first-order chi connectivity index (χ1) is 14.7. The second-order valence-electron chi connectivity index (χ2n) is 7.65. The minimum Gasteiger partial charge on any atom is -0.339 e. The van der Waals surface area contributed by atoms with Crippen molar-refractivity contribution in [1.82, 2.24) is 9.21 Å². The smallest absolute Gasteiger partial charge is 0.253 e. The molecule has 10 heteroatoms. The van der Waals surface area contributed by atoms with Gasteiger partial charge in [0.2, 0.25) is 5.91 Å². The number of amides is 2. The Kier molecular flexibility index (Phi) is 7.74. The van der Waals surface area contributed by atoms with Gasteiger partial charge in [-0.1, -0.05) is 30.9 Å². The number of halogens is 1. The Hall–Kier alpha value is -1.94. The molecule has 7 nitrogen and oxygen atoms in total. The molecule has 31 heavy (non-hydrogen) atoms. The van der Waals surface area contributed by atoms with Crippen molar-refractivity contribution in [3.63, 3.8) is 0 Å². The number of sulfonamides is 1. The van der Waals surface area contributed by atoms with Crippen molar-refractivity contribution in [3.05, 3.63) is 46.3 Å². The van der Waals surface area contributed by atoms with Gasteiger partial charge in [0, 0.05) is 31.4 Å². The molecule has 3 rings (SSSR count). The lowest BCUT2D eigenvalue weighted by atomic mass is 9.94. The highest BCUT2D eigenvalue weighted by atomic mass is 35.5. The normalized spacial score (nSPS) is 15.1. The number of hydrogen-bond acceptors (Lipinski definition) is 5. The number of carbonyl (C=O) groups excluding carboxylic acids is 2. The van der Waals surface area contributed by atoms with Crippen molar-refractivity contribution in [2.24, 2.45) is 0 Å². The van der Waals surface area contributed by atoms with Crippen LogP contribution in [0.1, 0.15) is 42.5 Å². The van der Waals surface area contributed by atoms with Crippen LogP contribution in [-0.4, -0.2) is 56.1 Å². The highest BCUT2D eigenvalue weighted by molar-refractivity contribution is 7.91. The number of nitrogens with zero attached hydrogens (tertiary/aromatic N) is 2. The predicted molar refractivity (Wildman–Crippen MR) is 123 cm³/mol. The summed E-state index contributed by atoms with van der Waals surface area (Å²) >= 11 is 6.75. The van der Waals surface area contributed by atoms with Crippen LogP contribution in [0.3, 0.4) is 0 Å². The number of carbonyl (C=O) groups is 2. The lowest BCUT2D eigenvalue weighted by molar-refractivity contribution is -0.116. The highest BCUT2D eigenvalue weighted by Gasteiger charge is 2.25. The van der Waals surface area contributed by atoms with Crippen LogP contribution in [0.5, 0.6) is 0 Å². The number of nitrogens with one attached hydrogen (secondary N) is 1. The molecular formula is C21H26ClN3O4S2. The summed E-state index contributed by atoms with van der Waals surface area (Å²) < 4.78 is 26.4. The molecule has 2 aromatic rings. The number of likely N-dealkylation sites (N-methyl/N-ethyl adjacent to an activating group) is 1. The first-order valence-corrected chi connectivity index (χ1v) is 12.7. The van der Waals surface area contributed by atoms with Crippen LogP contribution in [0.2, 0.25) is 4.34 Å². The van der Waals surface area contributed by atoms with Crippen molar-refractivity contribution >= 4 is 50.5 Å². The maximum atomic E-state index is 12.7. The maximum absolute atomic E-state index is 12.7. The van der Waals surface area contributed by atoms with Crippen molar-refractivity contribution in [2.45, 2.75) is 42.4 Å². The van der Waals surface area contributed by atoms with Crippen LogP contribution in [0, 0.1) is 0 Å². The standard InChI is InChI=1S/C21H26ClN3O4S2/c1-24(31(28,29)20-13-12-18(22)30-20)14-19(26)23-16-10-8-15(9-11-16)21(27)25(2)17-6-4-3-5-7-17/h8-13,17H,3-7,14H2,1-2H3,(H,23,26). The molecule has 168 valence electrons. The number of anilines is 1. The number of rotatable bonds is 7. The molecule has 0 unspecified atom stereocenters. The van der Waals surface area contributed by atoms with E-state index in [1.165, 1.54) is 25.6 Å². The molecule has 2 amide bonds. The van der Waals surface area contributed by atoms with Crippen molar-refractivity contribution < 1.29 is 18.0 Å². The first kappa shape index (κ1) is 23.7. The molecule has 1 aromatic carbocycles. The van der Waals surface area contributed by atoms with Crippen molar-refractivity contribution in [2.75, 3.05) is 26.0 Å². The third kappa shape index (κ3) is 5.85. The van der Waals surface area contributed by atoms with Crippen LogP contribution in [0.4, 0.5) is 5.69 Å². The minimum atomic E-state index is -3.79. The second-order valence-corrected chi connectivity index (χ2v) is 11.6. The van der Waals surface area contributed by atoms with Crippen molar-refractivity contribution in [1.29, 1.82) is 0 Å². The quantitative estimate of drug-likeness (QED) is 0.643. The zero-order chi connectivity index (χ0) is 22.6. The van der Waals surface area contributed by atoms with Gasteiger partial charge < -0.3 is 10.2 Å². The summed E-state index contributed by atoms with van der Waals surface area (Å²) in [6.45, 7) is -0.344. The molecule has 0 aliphatic heterocycles. The fraction of sp³-hybridized carbons (Fsp3) is 0.429. The highest BCUT2D eigenvalue weighted by Crippen LogP contribution is 2.27. The van der Waals surface area contributed by atoms with Gasteiger partial charge in [-0.05, 0) is 49.2 Å². The van der Waals surface area contributed by atoms with E-state index >= 15 is 0 Å². The predicted octanol–water partition coefficient (Wildman–Crippen LogP) is 4.07. The van der Waals surface area contributed by atoms with Gasteiger partial charge in [0.1, 0.15) is 4.21 Å². The van der Waals surface area contributed by atoms with Gasteiger partial charge in [-0.15, -0.1) is 11.3 Å². The van der Waals surface area contributed by atoms with Gasteiger partial charge in [0.25, 0.3) is 15.9 Å². The molecule has 0 bridgehead atoms. The van der Waals surface area contributed by atoms with Gasteiger partial charge in [0.15, 0.2) is 0 Å². The molecule has 0 spiro atoms. The van der Waals surface area contributed by atoms with E-state index in [0.717, 1.165) is 41.3 Å². The molecule has 1 heterocycles. The molecule has 1 aliphatic carbocycles. The van der Waals surface area contributed by atoms with Crippen LogP contribution >= 0.6 is 22.9 Å². The molecule has 0 saturated heterocycles. The summed E-state index contributed by atoms with van der Waals surface area (Å²) in [5.41, 5.74) is 1.05. The molecule has 0 radical (unpaired) electrons. The summed E-state index contributed by atoms with van der Waals surface area (Å²) in [5, 5.41) is 2.67. The van der Waals surface area contributed by atoms with Gasteiger partial charge in [0.05, 0.1) is 10.9 Å². The maximum Gasteiger partial charge on any atom is 0.253 e. The third-order valence-corrected chi connectivity index (χ3v) is 8.94. The van der Waals surface area contributed by atoms with Crippen LogP contribution in [-0.2, 0) is 14.8 Å². The van der Waals surface area contributed by atoms with E-state index in [0.29, 0.717) is 15.6 Å². The topological polar surface area (TPSA) is 86.8 Å². The zero-order valence-electron chi connectivity index (χ0n) is 17.5. The largest absolute Gasteiger partial charge is 0.339 e. The molecule has 1 fully saturated rings. The van der Waals surface area contributed by atoms with Crippen LogP contribution in [0.15, 0.2) is 40.6 Å². The molecule has 1 aromatic heterocycles. The molecule has 0 atom stereocenters. The molecular weight excluding hydrogens is 458 g/mol. The summed E-state index contributed by atoms with van der Waals surface area (Å²) in [6, 6.07) is 9.83. The van der Waals surface area contributed by atoms with Crippen LogP contribution < -0.4 is 5.32 Å². The first-order valence-electron chi connectivity index (χ1n) is 10.1. The summed E-state index contributed by atoms with van der Waals surface area (Å²) in [7, 11) is -0.610. The van der Waals surface area contributed by atoms with E-state index in [1.807, 2.05) is 11.9 Å². The number of benzene rings is 1. The Morgan fingerprint density at radius 1 is 1.06 bits per heavy atom. The lowest BCUT2D eigenvalue weighted by Crippen LogP contribution is -2.38. The summed E-state index contributed by atoms with van der Waals surface area (Å²) in [4.78, 5) is 26.9. The fourth-order valence-electron chi connectivity index (χ4n) is 3.61. The molecule has 1 N–H and O–H groups in total. The Bertz CT molecular complexity index is 1030. The second kappa shape index (κ2) is 10.1. The zero-order valence-corrected chi connectivity index (χ0v) is 19.9. The Morgan fingerprint density at radius 3 is 2.29 bits per heavy atom. The Labute approximate surface area is 192 Å². The SMILES string of the molecule is CN(C(=O)c1ccc(NC(=O)CN(C)S(=O)(=O)c2ccc(Cl)s2)cc1)C1CCCCC1. The average Bonchev–Trinajstić information content (AvgIpc) is 3.21. The van der Waals surface area contributed by atoms with Gasteiger partial charge in [-0.25, -0.2) is 8.42 Å². The fourth-order valence-corrected chi connectivity index (χ4v) is 6.43. The van der Waals surface area contributed by atoms with E-state index in [-0.39, 0.29) is 22.7 Å². The average molecular weight is 484 g/mol. The Balaban J connectivity index is 1.57. The minimum absolute atomic E-state index is 0.0368. The van der Waals surface area contributed by atoms with E-state index in [9.17, 15) is 18.0 Å². The Morgan fingerprint density at radius 2 is 1.71 bits per heavy atom. The monoisotopic (exact) mass is 483 g/mol. The summed E-state index contributed by atoms with van der Waals surface area (Å²) in [6.07, 6.45) is 5.59. The summed E-state index contributed by atoms with van der Waals surface area (Å²) in [5.74, 6) is -0.516. The number of thiophene rings is 1.